The normalized spacial score (nSPS) is 10.7. The van der Waals surface area contributed by atoms with Crippen molar-refractivity contribution in [1.29, 1.82) is 0 Å². The number of benzene rings is 2. The summed E-state index contributed by atoms with van der Waals surface area (Å²) in [6, 6.07) is 15.0. The highest BCUT2D eigenvalue weighted by molar-refractivity contribution is 7.99. The van der Waals surface area contributed by atoms with Gasteiger partial charge in [0.25, 0.3) is 0 Å². The molecule has 0 spiro atoms. The highest BCUT2D eigenvalue weighted by atomic mass is 32.2. The van der Waals surface area contributed by atoms with Gasteiger partial charge in [0.2, 0.25) is 5.91 Å². The first-order valence-electron chi connectivity index (χ1n) is 8.58. The summed E-state index contributed by atoms with van der Waals surface area (Å²) in [5.74, 6) is 3.49. The first kappa shape index (κ1) is 19.9. The Bertz CT molecular complexity index is 680. The van der Waals surface area contributed by atoms with E-state index in [2.05, 4.69) is 68.6 Å². The fourth-order valence-corrected chi connectivity index (χ4v) is 4.41. The minimum atomic E-state index is 0.130. The van der Waals surface area contributed by atoms with E-state index in [9.17, 15) is 4.79 Å². The third kappa shape index (κ3) is 7.57. The van der Waals surface area contributed by atoms with Crippen molar-refractivity contribution in [2.45, 2.75) is 32.3 Å². The molecule has 0 aliphatic carbocycles. The number of hydrogen-bond acceptors (Lipinski definition) is 3. The fraction of sp³-hybridized carbons (Fsp3) is 0.381. The van der Waals surface area contributed by atoms with Gasteiger partial charge in [-0.2, -0.15) is 11.8 Å². The maximum Gasteiger partial charge on any atom is 0.230 e. The van der Waals surface area contributed by atoms with Crippen molar-refractivity contribution >= 4 is 29.4 Å². The number of carbonyl (C=O) groups excluding carboxylic acids is 1. The third-order valence-electron chi connectivity index (χ3n) is 3.87. The van der Waals surface area contributed by atoms with Crippen LogP contribution in [0.2, 0.25) is 0 Å². The zero-order valence-corrected chi connectivity index (χ0v) is 16.9. The summed E-state index contributed by atoms with van der Waals surface area (Å²) in [6.07, 6.45) is 0. The molecule has 25 heavy (non-hydrogen) atoms. The molecule has 1 amide bonds. The molecule has 1 N–H and O–H groups in total. The van der Waals surface area contributed by atoms with Gasteiger partial charge in [0.15, 0.2) is 0 Å². The van der Waals surface area contributed by atoms with Crippen molar-refractivity contribution in [2.24, 2.45) is 0 Å². The quantitative estimate of drug-likeness (QED) is 0.634. The predicted octanol–water partition coefficient (Wildman–Crippen LogP) is 4.89. The van der Waals surface area contributed by atoms with Gasteiger partial charge in [-0.25, -0.2) is 0 Å². The molecular formula is C21H27NOS2. The highest BCUT2D eigenvalue weighted by Gasteiger charge is 2.03. The van der Waals surface area contributed by atoms with E-state index in [0.717, 1.165) is 23.8 Å². The molecule has 2 aromatic rings. The summed E-state index contributed by atoms with van der Waals surface area (Å²) in [5, 5.41) is 3.01. The van der Waals surface area contributed by atoms with Crippen molar-refractivity contribution in [1.82, 2.24) is 5.32 Å². The molecule has 0 aliphatic heterocycles. The van der Waals surface area contributed by atoms with Gasteiger partial charge in [-0.05, 0) is 37.5 Å². The molecule has 134 valence electrons. The van der Waals surface area contributed by atoms with Gasteiger partial charge in [0.1, 0.15) is 0 Å². The summed E-state index contributed by atoms with van der Waals surface area (Å²) in [4.78, 5) is 11.9. The van der Waals surface area contributed by atoms with Crippen LogP contribution in [0, 0.1) is 20.8 Å². The summed E-state index contributed by atoms with van der Waals surface area (Å²) < 4.78 is 0. The molecule has 0 saturated carbocycles. The van der Waals surface area contributed by atoms with Crippen LogP contribution in [0.1, 0.15) is 27.8 Å². The van der Waals surface area contributed by atoms with Crippen LogP contribution < -0.4 is 5.32 Å². The highest BCUT2D eigenvalue weighted by Crippen LogP contribution is 2.16. The molecule has 0 unspecified atom stereocenters. The lowest BCUT2D eigenvalue weighted by Crippen LogP contribution is -2.27. The van der Waals surface area contributed by atoms with Gasteiger partial charge in [-0.3, -0.25) is 4.79 Å². The Hall–Kier alpha value is -1.39. The average molecular weight is 374 g/mol. The summed E-state index contributed by atoms with van der Waals surface area (Å²) >= 11 is 3.54. The van der Waals surface area contributed by atoms with Gasteiger partial charge in [-0.1, -0.05) is 53.6 Å². The second kappa shape index (κ2) is 10.6. The number of rotatable bonds is 9. The smallest absolute Gasteiger partial charge is 0.230 e. The van der Waals surface area contributed by atoms with Gasteiger partial charge in [0, 0.05) is 23.8 Å². The number of amides is 1. The van der Waals surface area contributed by atoms with E-state index in [-0.39, 0.29) is 5.91 Å². The first-order chi connectivity index (χ1) is 12.0. The SMILES string of the molecule is Cc1cc(C)cc(CSCC(=O)NCCSCc2ccccc2C)c1. The molecular weight excluding hydrogens is 346 g/mol. The Morgan fingerprint density at radius 3 is 2.40 bits per heavy atom. The summed E-state index contributed by atoms with van der Waals surface area (Å²) in [6.45, 7) is 7.11. The Balaban J connectivity index is 1.57. The number of aryl methyl sites for hydroxylation is 3. The Kier molecular flexibility index (Phi) is 8.42. The number of thioether (sulfide) groups is 2. The van der Waals surface area contributed by atoms with Crippen molar-refractivity contribution in [3.8, 4) is 0 Å². The lowest BCUT2D eigenvalue weighted by atomic mass is 10.1. The van der Waals surface area contributed by atoms with Gasteiger partial charge in [0.05, 0.1) is 5.75 Å². The minimum absolute atomic E-state index is 0.130. The average Bonchev–Trinajstić information content (AvgIpc) is 2.55. The predicted molar refractivity (Wildman–Crippen MR) is 112 cm³/mol. The van der Waals surface area contributed by atoms with Crippen LogP contribution in [-0.2, 0) is 16.3 Å². The number of nitrogens with one attached hydrogen (secondary N) is 1. The lowest BCUT2D eigenvalue weighted by Gasteiger charge is -2.07. The molecule has 2 aromatic carbocycles. The fourth-order valence-electron chi connectivity index (χ4n) is 2.68. The zero-order valence-electron chi connectivity index (χ0n) is 15.3. The standard InChI is InChI=1S/C21H27NOS2/c1-16-10-17(2)12-19(11-16)13-25-15-21(23)22-8-9-24-14-20-7-5-4-6-18(20)3/h4-7,10-12H,8-9,13-15H2,1-3H3,(H,22,23). The van der Waals surface area contributed by atoms with Crippen molar-refractivity contribution in [2.75, 3.05) is 18.1 Å². The summed E-state index contributed by atoms with van der Waals surface area (Å²) in [7, 11) is 0. The molecule has 0 atom stereocenters. The maximum absolute atomic E-state index is 11.9. The maximum atomic E-state index is 11.9. The molecule has 2 rings (SSSR count). The van der Waals surface area contributed by atoms with E-state index in [1.165, 1.54) is 27.8 Å². The van der Waals surface area contributed by atoms with Gasteiger partial charge in [-0.15, -0.1) is 11.8 Å². The van der Waals surface area contributed by atoms with Crippen LogP contribution in [0.15, 0.2) is 42.5 Å². The second-order valence-electron chi connectivity index (χ2n) is 6.32. The van der Waals surface area contributed by atoms with Crippen molar-refractivity contribution < 1.29 is 4.79 Å². The molecule has 0 saturated heterocycles. The molecule has 0 aliphatic rings. The lowest BCUT2D eigenvalue weighted by molar-refractivity contribution is -0.118. The van der Waals surface area contributed by atoms with Gasteiger partial charge < -0.3 is 5.32 Å². The van der Waals surface area contributed by atoms with Crippen molar-refractivity contribution in [3.63, 3.8) is 0 Å². The molecule has 0 aromatic heterocycles. The monoisotopic (exact) mass is 373 g/mol. The molecule has 0 bridgehead atoms. The van der Waals surface area contributed by atoms with Crippen LogP contribution in [0.5, 0.6) is 0 Å². The van der Waals surface area contributed by atoms with Crippen LogP contribution in [-0.4, -0.2) is 24.0 Å². The minimum Gasteiger partial charge on any atom is -0.355 e. The Morgan fingerprint density at radius 1 is 0.960 bits per heavy atom. The topological polar surface area (TPSA) is 29.1 Å². The van der Waals surface area contributed by atoms with E-state index >= 15 is 0 Å². The molecule has 0 heterocycles. The third-order valence-corrected chi connectivity index (χ3v) is 5.88. The van der Waals surface area contributed by atoms with Crippen molar-refractivity contribution in [3.05, 3.63) is 70.3 Å². The van der Waals surface area contributed by atoms with E-state index in [1.54, 1.807) is 11.8 Å². The van der Waals surface area contributed by atoms with E-state index in [0.29, 0.717) is 5.75 Å². The van der Waals surface area contributed by atoms with Crippen LogP contribution in [0.4, 0.5) is 0 Å². The first-order valence-corrected chi connectivity index (χ1v) is 10.9. The zero-order chi connectivity index (χ0) is 18.1. The second-order valence-corrected chi connectivity index (χ2v) is 8.41. The number of hydrogen-bond donors (Lipinski definition) is 1. The van der Waals surface area contributed by atoms with E-state index < -0.39 is 0 Å². The van der Waals surface area contributed by atoms with Crippen LogP contribution >= 0.6 is 23.5 Å². The van der Waals surface area contributed by atoms with Gasteiger partial charge >= 0.3 is 0 Å². The van der Waals surface area contributed by atoms with E-state index in [4.69, 9.17) is 0 Å². The molecule has 2 nitrogen and oxygen atoms in total. The summed E-state index contributed by atoms with van der Waals surface area (Å²) in [5.41, 5.74) is 6.57. The molecule has 0 radical (unpaired) electrons. The van der Waals surface area contributed by atoms with E-state index in [1.807, 2.05) is 11.8 Å². The Labute approximate surface area is 160 Å². The molecule has 4 heteroatoms. The largest absolute Gasteiger partial charge is 0.355 e. The number of carbonyl (C=O) groups is 1. The molecule has 0 fully saturated rings. The van der Waals surface area contributed by atoms with Crippen LogP contribution in [0.3, 0.4) is 0 Å². The Morgan fingerprint density at radius 2 is 1.68 bits per heavy atom. The van der Waals surface area contributed by atoms with Crippen LogP contribution in [0.25, 0.3) is 0 Å².